The minimum Gasteiger partial charge on any atom is -0.496 e. The number of pyridine rings is 1. The fourth-order valence-electron chi connectivity index (χ4n) is 3.10. The predicted molar refractivity (Wildman–Crippen MR) is 104 cm³/mol. The molecular formula is C22H22N2O3. The molecule has 0 aliphatic heterocycles. The molecule has 2 aromatic carbocycles. The number of carboxylic acids is 1. The molecule has 0 amide bonds. The van der Waals surface area contributed by atoms with Crippen molar-refractivity contribution in [1.82, 2.24) is 9.88 Å². The Labute approximate surface area is 158 Å². The van der Waals surface area contributed by atoms with Gasteiger partial charge in [0.1, 0.15) is 5.75 Å². The van der Waals surface area contributed by atoms with Crippen molar-refractivity contribution >= 4 is 5.97 Å². The zero-order chi connectivity index (χ0) is 19.1. The number of aromatic nitrogens is 1. The normalized spacial score (nSPS) is 10.7. The van der Waals surface area contributed by atoms with E-state index in [0.29, 0.717) is 25.2 Å². The van der Waals surface area contributed by atoms with E-state index in [2.05, 4.69) is 9.88 Å². The number of nitrogens with zero attached hydrogens (tertiary/aromatic N) is 2. The van der Waals surface area contributed by atoms with Crippen LogP contribution in [0.4, 0.5) is 0 Å². The van der Waals surface area contributed by atoms with E-state index < -0.39 is 5.97 Å². The monoisotopic (exact) mass is 362 g/mol. The van der Waals surface area contributed by atoms with Crippen LogP contribution in [0.25, 0.3) is 0 Å². The molecule has 0 aliphatic carbocycles. The highest BCUT2D eigenvalue weighted by atomic mass is 16.5. The third kappa shape index (κ3) is 4.92. The zero-order valence-electron chi connectivity index (χ0n) is 15.2. The summed E-state index contributed by atoms with van der Waals surface area (Å²) in [4.78, 5) is 17.9. The molecule has 0 saturated carbocycles. The first kappa shape index (κ1) is 18.6. The van der Waals surface area contributed by atoms with E-state index in [-0.39, 0.29) is 0 Å². The third-order valence-electron chi connectivity index (χ3n) is 4.36. The van der Waals surface area contributed by atoms with E-state index in [1.807, 2.05) is 54.7 Å². The first-order valence-electron chi connectivity index (χ1n) is 8.71. The van der Waals surface area contributed by atoms with Crippen LogP contribution < -0.4 is 4.74 Å². The van der Waals surface area contributed by atoms with Crippen molar-refractivity contribution in [2.45, 2.75) is 19.6 Å². The number of hydrogen-bond donors (Lipinski definition) is 1. The van der Waals surface area contributed by atoms with E-state index in [1.165, 1.54) is 0 Å². The van der Waals surface area contributed by atoms with Gasteiger partial charge in [0.15, 0.2) is 0 Å². The minimum atomic E-state index is -0.913. The summed E-state index contributed by atoms with van der Waals surface area (Å²) in [7, 11) is 1.66. The number of benzene rings is 2. The molecule has 0 atom stereocenters. The van der Waals surface area contributed by atoms with E-state index in [0.717, 1.165) is 22.4 Å². The molecule has 0 bridgehead atoms. The van der Waals surface area contributed by atoms with Crippen molar-refractivity contribution in [3.05, 3.63) is 95.3 Å². The summed E-state index contributed by atoms with van der Waals surface area (Å²) in [5.74, 6) is -0.0931. The van der Waals surface area contributed by atoms with Crippen molar-refractivity contribution in [3.8, 4) is 5.75 Å². The van der Waals surface area contributed by atoms with Crippen molar-refractivity contribution in [2.24, 2.45) is 0 Å². The number of ether oxygens (including phenoxy) is 1. The second kappa shape index (κ2) is 8.96. The van der Waals surface area contributed by atoms with Gasteiger partial charge in [-0.15, -0.1) is 0 Å². The molecule has 0 unspecified atom stereocenters. The summed E-state index contributed by atoms with van der Waals surface area (Å²) in [5.41, 5.74) is 3.23. The quantitative estimate of drug-likeness (QED) is 0.656. The molecule has 138 valence electrons. The lowest BCUT2D eigenvalue weighted by atomic mass is 10.1. The van der Waals surface area contributed by atoms with Crippen LogP contribution in [0.2, 0.25) is 0 Å². The maximum absolute atomic E-state index is 11.6. The van der Waals surface area contributed by atoms with Crippen molar-refractivity contribution < 1.29 is 14.6 Å². The SMILES string of the molecule is COc1ccccc1CN(Cc1cccnc1)Cc1ccccc1C(=O)O. The fourth-order valence-corrected chi connectivity index (χ4v) is 3.10. The number of rotatable bonds is 8. The second-order valence-corrected chi connectivity index (χ2v) is 6.28. The van der Waals surface area contributed by atoms with Crippen LogP contribution in [0, 0.1) is 0 Å². The first-order valence-corrected chi connectivity index (χ1v) is 8.71. The molecule has 0 radical (unpaired) electrons. The summed E-state index contributed by atoms with van der Waals surface area (Å²) in [5, 5.41) is 9.49. The number of para-hydroxylation sites is 1. The molecule has 5 nitrogen and oxygen atoms in total. The van der Waals surface area contributed by atoms with Crippen LogP contribution in [0.15, 0.2) is 73.1 Å². The van der Waals surface area contributed by atoms with Gasteiger partial charge in [-0.3, -0.25) is 9.88 Å². The van der Waals surface area contributed by atoms with Gasteiger partial charge in [-0.25, -0.2) is 4.79 Å². The molecule has 0 aliphatic rings. The Kier molecular flexibility index (Phi) is 6.18. The smallest absolute Gasteiger partial charge is 0.336 e. The lowest BCUT2D eigenvalue weighted by molar-refractivity contribution is 0.0694. The highest BCUT2D eigenvalue weighted by molar-refractivity contribution is 5.89. The van der Waals surface area contributed by atoms with Gasteiger partial charge in [0.2, 0.25) is 0 Å². The molecule has 1 N–H and O–H groups in total. The summed E-state index contributed by atoms with van der Waals surface area (Å²) in [6.07, 6.45) is 3.58. The van der Waals surface area contributed by atoms with Gasteiger partial charge >= 0.3 is 5.97 Å². The van der Waals surface area contributed by atoms with Gasteiger partial charge in [-0.05, 0) is 29.3 Å². The van der Waals surface area contributed by atoms with E-state index in [4.69, 9.17) is 4.74 Å². The zero-order valence-corrected chi connectivity index (χ0v) is 15.2. The van der Waals surface area contributed by atoms with Crippen molar-refractivity contribution in [3.63, 3.8) is 0 Å². The van der Waals surface area contributed by atoms with Crippen LogP contribution in [-0.2, 0) is 19.6 Å². The Hall–Kier alpha value is -3.18. The van der Waals surface area contributed by atoms with Crippen LogP contribution in [0.5, 0.6) is 5.75 Å². The molecule has 3 aromatic rings. The topological polar surface area (TPSA) is 62.7 Å². The van der Waals surface area contributed by atoms with Crippen LogP contribution in [0.3, 0.4) is 0 Å². The Balaban J connectivity index is 1.89. The number of methoxy groups -OCH3 is 1. The molecule has 27 heavy (non-hydrogen) atoms. The Morgan fingerprint density at radius 3 is 2.37 bits per heavy atom. The standard InChI is InChI=1S/C22H22N2O3/c1-27-21-11-5-3-9-19(21)16-24(14-17-7-6-12-23-13-17)15-18-8-2-4-10-20(18)22(25)26/h2-13H,14-16H2,1H3,(H,25,26). The van der Waals surface area contributed by atoms with E-state index >= 15 is 0 Å². The maximum Gasteiger partial charge on any atom is 0.336 e. The minimum absolute atomic E-state index is 0.328. The fraction of sp³-hybridized carbons (Fsp3) is 0.182. The lowest BCUT2D eigenvalue weighted by Gasteiger charge is -2.24. The van der Waals surface area contributed by atoms with Crippen molar-refractivity contribution in [2.75, 3.05) is 7.11 Å². The average molecular weight is 362 g/mol. The number of aromatic carboxylic acids is 1. The van der Waals surface area contributed by atoms with Crippen LogP contribution in [0.1, 0.15) is 27.0 Å². The summed E-state index contributed by atoms with van der Waals surface area (Å²) < 4.78 is 5.48. The maximum atomic E-state index is 11.6. The average Bonchev–Trinajstić information content (AvgIpc) is 2.69. The lowest BCUT2D eigenvalue weighted by Crippen LogP contribution is -2.24. The van der Waals surface area contributed by atoms with Crippen molar-refractivity contribution in [1.29, 1.82) is 0 Å². The highest BCUT2D eigenvalue weighted by Crippen LogP contribution is 2.22. The highest BCUT2D eigenvalue weighted by Gasteiger charge is 2.15. The molecule has 0 fully saturated rings. The Morgan fingerprint density at radius 2 is 1.67 bits per heavy atom. The summed E-state index contributed by atoms with van der Waals surface area (Å²) >= 11 is 0. The van der Waals surface area contributed by atoms with Gasteiger partial charge in [0.25, 0.3) is 0 Å². The van der Waals surface area contributed by atoms with Gasteiger partial charge in [-0.1, -0.05) is 42.5 Å². The summed E-state index contributed by atoms with van der Waals surface area (Å²) in [6.45, 7) is 1.79. The van der Waals surface area contributed by atoms with Gasteiger partial charge < -0.3 is 9.84 Å². The molecule has 0 saturated heterocycles. The number of carboxylic acid groups (broad SMARTS) is 1. The first-order chi connectivity index (χ1) is 13.2. The third-order valence-corrected chi connectivity index (χ3v) is 4.36. The molecular weight excluding hydrogens is 340 g/mol. The molecule has 5 heteroatoms. The van der Waals surface area contributed by atoms with Gasteiger partial charge in [0.05, 0.1) is 12.7 Å². The van der Waals surface area contributed by atoms with E-state index in [1.54, 1.807) is 25.4 Å². The van der Waals surface area contributed by atoms with E-state index in [9.17, 15) is 9.90 Å². The molecule has 3 rings (SSSR count). The number of hydrogen-bond acceptors (Lipinski definition) is 4. The summed E-state index contributed by atoms with van der Waals surface area (Å²) in [6, 6.07) is 18.9. The van der Waals surface area contributed by atoms with Crippen LogP contribution in [-0.4, -0.2) is 28.1 Å². The Bertz CT molecular complexity index is 897. The molecule has 1 aromatic heterocycles. The molecule has 1 heterocycles. The van der Waals surface area contributed by atoms with Gasteiger partial charge in [0, 0.05) is 37.6 Å². The van der Waals surface area contributed by atoms with Crippen LogP contribution >= 0.6 is 0 Å². The Morgan fingerprint density at radius 1 is 0.963 bits per heavy atom. The largest absolute Gasteiger partial charge is 0.496 e. The predicted octanol–water partition coefficient (Wildman–Crippen LogP) is 3.99. The molecule has 0 spiro atoms. The van der Waals surface area contributed by atoms with Gasteiger partial charge in [-0.2, -0.15) is 0 Å². The number of carbonyl (C=O) groups is 1. The second-order valence-electron chi connectivity index (χ2n) is 6.28.